The largest absolute Gasteiger partial charge is 0.490 e. The molecule has 0 bridgehead atoms. The number of nitrogens with zero attached hydrogens (tertiary/aromatic N) is 2. The Morgan fingerprint density at radius 2 is 1.73 bits per heavy atom. The van der Waals surface area contributed by atoms with E-state index in [0.717, 1.165) is 5.69 Å². The highest BCUT2D eigenvalue weighted by Crippen LogP contribution is 2.30. The maximum Gasteiger partial charge on any atom is 0.318 e. The van der Waals surface area contributed by atoms with Crippen molar-refractivity contribution in [2.45, 2.75) is 26.2 Å². The minimum atomic E-state index is -0.606. The maximum atomic E-state index is 12.5. The number of hydrogen-bond acceptors (Lipinski definition) is 6. The normalized spacial score (nSPS) is 12.9. The van der Waals surface area contributed by atoms with Crippen molar-refractivity contribution in [3.63, 3.8) is 0 Å². The number of hydrogen-bond donors (Lipinski definition) is 3. The third kappa shape index (κ3) is 4.07. The van der Waals surface area contributed by atoms with Crippen LogP contribution in [0.4, 0.5) is 5.69 Å². The van der Waals surface area contributed by atoms with E-state index >= 15 is 0 Å². The molecule has 1 aromatic carbocycles. The fourth-order valence-corrected chi connectivity index (χ4v) is 3.02. The van der Waals surface area contributed by atoms with Gasteiger partial charge >= 0.3 is 5.69 Å². The molecule has 30 heavy (non-hydrogen) atoms. The van der Waals surface area contributed by atoms with E-state index in [9.17, 15) is 19.7 Å². The van der Waals surface area contributed by atoms with Gasteiger partial charge in [-0.25, -0.2) is 4.98 Å². The van der Waals surface area contributed by atoms with Gasteiger partial charge in [0.05, 0.1) is 29.6 Å². The van der Waals surface area contributed by atoms with Gasteiger partial charge in [-0.1, -0.05) is 26.8 Å². The van der Waals surface area contributed by atoms with Crippen molar-refractivity contribution in [1.82, 2.24) is 19.9 Å². The Morgan fingerprint density at radius 1 is 1.10 bits per heavy atom. The molecule has 3 aromatic rings. The fraction of sp³-hybridized carbons (Fsp3) is 0.250. The second-order valence-electron chi connectivity index (χ2n) is 7.59. The molecule has 0 aliphatic heterocycles. The summed E-state index contributed by atoms with van der Waals surface area (Å²) >= 11 is 0. The van der Waals surface area contributed by atoms with E-state index in [0.29, 0.717) is 5.69 Å². The number of nitrogens with one attached hydrogen (secondary N) is 3. The van der Waals surface area contributed by atoms with E-state index in [-0.39, 0.29) is 33.1 Å². The van der Waals surface area contributed by atoms with Crippen LogP contribution >= 0.6 is 0 Å². The summed E-state index contributed by atoms with van der Waals surface area (Å²) in [6.07, 6.45) is 4.23. The number of benzene rings is 1. The Kier molecular flexibility index (Phi) is 5.41. The summed E-state index contributed by atoms with van der Waals surface area (Å²) in [5.41, 5.74) is -0.245. The molecule has 0 amide bonds. The predicted molar refractivity (Wildman–Crippen MR) is 111 cm³/mol. The van der Waals surface area contributed by atoms with Gasteiger partial charge in [-0.15, -0.1) is 0 Å². The Balaban J connectivity index is 2.19. The number of imidazole rings is 1. The van der Waals surface area contributed by atoms with Crippen molar-refractivity contribution in [2.24, 2.45) is 0 Å². The quantitative estimate of drug-likeness (QED) is 0.424. The number of aromatic amines is 3. The maximum absolute atomic E-state index is 12.5. The minimum Gasteiger partial charge on any atom is -0.490 e. The van der Waals surface area contributed by atoms with Crippen molar-refractivity contribution in [3.05, 3.63) is 83.0 Å². The average Bonchev–Trinajstić information content (AvgIpc) is 3.14. The lowest BCUT2D eigenvalue weighted by atomic mass is 9.90. The summed E-state index contributed by atoms with van der Waals surface area (Å²) in [5, 5.41) is 11.3. The molecule has 2 heterocycles. The molecule has 0 aliphatic carbocycles. The number of para-hydroxylation sites is 1. The van der Waals surface area contributed by atoms with Gasteiger partial charge in [-0.3, -0.25) is 19.7 Å². The highest BCUT2D eigenvalue weighted by atomic mass is 16.6. The van der Waals surface area contributed by atoms with Crippen LogP contribution in [0, 0.1) is 10.1 Å². The van der Waals surface area contributed by atoms with E-state index in [1.54, 1.807) is 6.07 Å². The van der Waals surface area contributed by atoms with Gasteiger partial charge in [0, 0.05) is 11.1 Å². The fourth-order valence-electron chi connectivity index (χ4n) is 3.02. The smallest absolute Gasteiger partial charge is 0.318 e. The Morgan fingerprint density at radius 3 is 2.30 bits per heavy atom. The van der Waals surface area contributed by atoms with Crippen LogP contribution in [0.5, 0.6) is 5.75 Å². The third-order valence-electron chi connectivity index (χ3n) is 4.42. The first kappa shape index (κ1) is 20.8. The molecule has 0 saturated carbocycles. The first-order valence-corrected chi connectivity index (χ1v) is 9.03. The van der Waals surface area contributed by atoms with Crippen LogP contribution in [0.2, 0.25) is 0 Å². The molecule has 0 saturated heterocycles. The molecule has 0 radical (unpaired) electrons. The lowest BCUT2D eigenvalue weighted by Gasteiger charge is -2.16. The molecular weight excluding hydrogens is 390 g/mol. The lowest BCUT2D eigenvalue weighted by Crippen LogP contribution is -2.46. The monoisotopic (exact) mass is 411 g/mol. The zero-order chi connectivity index (χ0) is 22.1. The number of H-pyrrole nitrogens is 3. The highest BCUT2D eigenvalue weighted by Gasteiger charge is 2.20. The topological polar surface area (TPSA) is 147 Å². The summed E-state index contributed by atoms with van der Waals surface area (Å²) < 4.78 is 5.02. The molecule has 0 aliphatic rings. The van der Waals surface area contributed by atoms with Gasteiger partial charge in [0.15, 0.2) is 5.75 Å². The van der Waals surface area contributed by atoms with Gasteiger partial charge in [-0.2, -0.15) is 0 Å². The third-order valence-corrected chi connectivity index (χ3v) is 4.42. The van der Waals surface area contributed by atoms with Crippen molar-refractivity contribution >= 4 is 17.8 Å². The van der Waals surface area contributed by atoms with E-state index < -0.39 is 16.0 Å². The average molecular weight is 411 g/mol. The van der Waals surface area contributed by atoms with Crippen LogP contribution in [0.3, 0.4) is 0 Å². The molecule has 10 nitrogen and oxygen atoms in total. The Bertz CT molecular complexity index is 1340. The number of methoxy groups -OCH3 is 1. The van der Waals surface area contributed by atoms with Crippen molar-refractivity contribution < 1.29 is 9.66 Å². The highest BCUT2D eigenvalue weighted by molar-refractivity contribution is 5.65. The lowest BCUT2D eigenvalue weighted by molar-refractivity contribution is -0.386. The predicted octanol–water partition coefficient (Wildman–Crippen LogP) is 0.658. The van der Waals surface area contributed by atoms with E-state index in [2.05, 4.69) is 19.9 Å². The van der Waals surface area contributed by atoms with E-state index in [4.69, 9.17) is 4.74 Å². The summed E-state index contributed by atoms with van der Waals surface area (Å²) in [7, 11) is 1.31. The van der Waals surface area contributed by atoms with Crippen molar-refractivity contribution in [3.8, 4) is 5.75 Å². The molecule has 0 unspecified atom stereocenters. The van der Waals surface area contributed by atoms with Crippen LogP contribution in [-0.4, -0.2) is 32.0 Å². The second-order valence-corrected chi connectivity index (χ2v) is 7.59. The summed E-state index contributed by atoms with van der Waals surface area (Å²) in [5.74, 6) is 0.0470. The van der Waals surface area contributed by atoms with Crippen LogP contribution in [0.25, 0.3) is 12.2 Å². The molecular formula is C20H21N5O5. The van der Waals surface area contributed by atoms with Gasteiger partial charge in [0.1, 0.15) is 10.7 Å². The van der Waals surface area contributed by atoms with Crippen molar-refractivity contribution in [1.29, 1.82) is 0 Å². The Labute approximate surface area is 170 Å². The zero-order valence-electron chi connectivity index (χ0n) is 16.9. The molecule has 156 valence electrons. The number of rotatable bonds is 4. The number of nitro groups is 1. The van der Waals surface area contributed by atoms with Gasteiger partial charge in [-0.05, 0) is 24.3 Å². The van der Waals surface area contributed by atoms with Gasteiger partial charge in [0.25, 0.3) is 11.1 Å². The summed E-state index contributed by atoms with van der Waals surface area (Å²) in [6.45, 7) is 5.97. The Hall–Kier alpha value is -3.95. The van der Waals surface area contributed by atoms with Crippen molar-refractivity contribution in [2.75, 3.05) is 7.11 Å². The molecule has 0 fully saturated rings. The van der Waals surface area contributed by atoms with Crippen LogP contribution in [-0.2, 0) is 5.41 Å². The summed E-state index contributed by atoms with van der Waals surface area (Å²) in [6, 6.07) is 4.45. The number of ether oxygens (including phenoxy) is 1. The van der Waals surface area contributed by atoms with Gasteiger partial charge < -0.3 is 19.7 Å². The summed E-state index contributed by atoms with van der Waals surface area (Å²) in [4.78, 5) is 48.1. The minimum absolute atomic E-state index is 0.0230. The molecule has 10 heteroatoms. The van der Waals surface area contributed by atoms with Crippen LogP contribution in [0.1, 0.15) is 37.7 Å². The molecule has 3 N–H and O–H groups in total. The molecule has 2 aromatic heterocycles. The zero-order valence-corrected chi connectivity index (χ0v) is 16.9. The molecule has 0 atom stereocenters. The first-order chi connectivity index (χ1) is 14.1. The SMILES string of the molecule is COc1cccc(/C=c2/[nH]c(=O)/c(=C\c3nc[nH]c3C(C)(C)C)[nH]c2=O)c1[N+](=O)[O-]. The van der Waals surface area contributed by atoms with E-state index in [1.807, 2.05) is 20.8 Å². The second kappa shape index (κ2) is 7.82. The molecule has 3 rings (SSSR count). The number of aromatic nitrogens is 4. The van der Waals surface area contributed by atoms with Gasteiger partial charge in [0.2, 0.25) is 0 Å². The van der Waals surface area contributed by atoms with E-state index in [1.165, 1.54) is 37.7 Å². The van der Waals surface area contributed by atoms with Crippen LogP contribution < -0.4 is 26.6 Å². The molecule has 0 spiro atoms. The standard InChI is InChI=1S/C20H21N5O5/c1-20(2,3)17-12(21-10-22-17)9-14-19(27)23-13(18(26)24-14)8-11-6-5-7-15(30-4)16(11)25(28)29/h5-10H,1-4H3,(H,21,22)(H,23,27)(H,24,26)/b13-8+,14-9+. The number of nitro benzene ring substituents is 1. The van der Waals surface area contributed by atoms with Crippen LogP contribution in [0.15, 0.2) is 34.1 Å². The first-order valence-electron chi connectivity index (χ1n) is 9.03.